The van der Waals surface area contributed by atoms with E-state index in [1.165, 1.54) is 24.9 Å². The van der Waals surface area contributed by atoms with Crippen LogP contribution in [0.2, 0.25) is 0 Å². The number of nitrogens with one attached hydrogen (secondary N) is 1. The number of methoxy groups -OCH3 is 1. The Kier molecular flexibility index (Phi) is 5.94. The van der Waals surface area contributed by atoms with Crippen molar-refractivity contribution < 1.29 is 9.84 Å². The van der Waals surface area contributed by atoms with Crippen LogP contribution < -0.4 is 16.6 Å². The Bertz CT molecular complexity index is 521. The van der Waals surface area contributed by atoms with Crippen molar-refractivity contribution in [1.82, 2.24) is 14.5 Å². The van der Waals surface area contributed by atoms with Gasteiger partial charge in [-0.05, 0) is 13.0 Å². The summed E-state index contributed by atoms with van der Waals surface area (Å²) in [5, 5.41) is 12.5. The number of ether oxygens (including phenoxy) is 1. The maximum absolute atomic E-state index is 11.8. The summed E-state index contributed by atoms with van der Waals surface area (Å²) in [4.78, 5) is 23.3. The Morgan fingerprint density at radius 2 is 2.11 bits per heavy atom. The van der Waals surface area contributed by atoms with Crippen LogP contribution in [0.15, 0.2) is 15.8 Å². The first-order chi connectivity index (χ1) is 8.97. The smallest absolute Gasteiger partial charge is 0.330 e. The molecule has 2 N–H and O–H groups in total. The molecule has 7 heteroatoms. The highest BCUT2D eigenvalue weighted by atomic mass is 16.5. The van der Waals surface area contributed by atoms with E-state index < -0.39 is 6.10 Å². The van der Waals surface area contributed by atoms with Crippen molar-refractivity contribution in [1.29, 1.82) is 0 Å². The van der Waals surface area contributed by atoms with Gasteiger partial charge in [0, 0.05) is 39.5 Å². The van der Waals surface area contributed by atoms with Gasteiger partial charge in [0.2, 0.25) is 0 Å². The standard InChI is InChI=1S/C12H21N3O4/c1-14-7-9(11(17)15(2)12(14)18)6-13-5-4-10(16)8-19-3/h7,10,13,16H,4-6,8H2,1-3H3. The number of hydrogen-bond donors (Lipinski definition) is 2. The van der Waals surface area contributed by atoms with E-state index in [0.29, 0.717) is 31.7 Å². The summed E-state index contributed by atoms with van der Waals surface area (Å²) >= 11 is 0. The van der Waals surface area contributed by atoms with Gasteiger partial charge in [-0.25, -0.2) is 4.79 Å². The molecular weight excluding hydrogens is 250 g/mol. The molecule has 1 aromatic heterocycles. The number of aliphatic hydroxyl groups is 1. The topological polar surface area (TPSA) is 85.5 Å². The van der Waals surface area contributed by atoms with Gasteiger partial charge < -0.3 is 19.7 Å². The van der Waals surface area contributed by atoms with Crippen molar-refractivity contribution in [3.8, 4) is 0 Å². The summed E-state index contributed by atoms with van der Waals surface area (Å²) in [5.41, 5.74) is -0.122. The van der Waals surface area contributed by atoms with Crippen LogP contribution in [-0.2, 0) is 25.4 Å². The van der Waals surface area contributed by atoms with E-state index in [4.69, 9.17) is 4.74 Å². The fraction of sp³-hybridized carbons (Fsp3) is 0.667. The third-order valence-corrected chi connectivity index (χ3v) is 2.85. The minimum atomic E-state index is -0.513. The lowest BCUT2D eigenvalue weighted by atomic mass is 10.2. The third kappa shape index (κ3) is 4.30. The van der Waals surface area contributed by atoms with Crippen molar-refractivity contribution in [2.24, 2.45) is 14.1 Å². The maximum Gasteiger partial charge on any atom is 0.330 e. The number of rotatable bonds is 7. The minimum Gasteiger partial charge on any atom is -0.391 e. The molecule has 1 atom stereocenters. The van der Waals surface area contributed by atoms with E-state index in [1.807, 2.05) is 0 Å². The van der Waals surface area contributed by atoms with E-state index in [9.17, 15) is 14.7 Å². The van der Waals surface area contributed by atoms with Gasteiger partial charge in [-0.2, -0.15) is 0 Å². The fourth-order valence-electron chi connectivity index (χ4n) is 1.77. The Labute approximate surface area is 111 Å². The molecule has 0 bridgehead atoms. The molecule has 0 fully saturated rings. The largest absolute Gasteiger partial charge is 0.391 e. The molecule has 0 amide bonds. The van der Waals surface area contributed by atoms with Crippen LogP contribution in [0.25, 0.3) is 0 Å². The van der Waals surface area contributed by atoms with Gasteiger partial charge in [-0.3, -0.25) is 9.36 Å². The zero-order valence-corrected chi connectivity index (χ0v) is 11.5. The predicted octanol–water partition coefficient (Wildman–Crippen LogP) is -1.43. The average molecular weight is 271 g/mol. The van der Waals surface area contributed by atoms with Gasteiger partial charge in [0.1, 0.15) is 0 Å². The molecule has 1 rings (SSSR count). The van der Waals surface area contributed by atoms with Crippen LogP contribution in [0.4, 0.5) is 0 Å². The molecule has 19 heavy (non-hydrogen) atoms. The summed E-state index contributed by atoms with van der Waals surface area (Å²) in [7, 11) is 4.59. The van der Waals surface area contributed by atoms with Gasteiger partial charge in [-0.15, -0.1) is 0 Å². The lowest BCUT2D eigenvalue weighted by Crippen LogP contribution is -2.39. The number of nitrogens with zero attached hydrogens (tertiary/aromatic N) is 2. The second kappa shape index (κ2) is 7.22. The Balaban J connectivity index is 2.55. The molecule has 0 saturated carbocycles. The third-order valence-electron chi connectivity index (χ3n) is 2.85. The van der Waals surface area contributed by atoms with Gasteiger partial charge in [-0.1, -0.05) is 0 Å². The van der Waals surface area contributed by atoms with E-state index in [1.54, 1.807) is 7.05 Å². The number of aliphatic hydroxyl groups excluding tert-OH is 1. The molecule has 0 aromatic carbocycles. The van der Waals surface area contributed by atoms with E-state index in [-0.39, 0.29) is 11.2 Å². The molecule has 0 aliphatic carbocycles. The first-order valence-electron chi connectivity index (χ1n) is 6.10. The molecule has 108 valence electrons. The molecule has 0 radical (unpaired) electrons. The molecule has 1 heterocycles. The lowest BCUT2D eigenvalue weighted by Gasteiger charge is -2.10. The van der Waals surface area contributed by atoms with E-state index >= 15 is 0 Å². The highest BCUT2D eigenvalue weighted by molar-refractivity contribution is 5.05. The summed E-state index contributed by atoms with van der Waals surface area (Å²) in [6.07, 6.45) is 1.56. The zero-order chi connectivity index (χ0) is 14.4. The van der Waals surface area contributed by atoms with Crippen LogP contribution >= 0.6 is 0 Å². The molecule has 1 aromatic rings. The van der Waals surface area contributed by atoms with Gasteiger partial charge in [0.15, 0.2) is 0 Å². The highest BCUT2D eigenvalue weighted by Gasteiger charge is 2.07. The molecule has 7 nitrogen and oxygen atoms in total. The number of aromatic nitrogens is 2. The Hall–Kier alpha value is -1.44. The Morgan fingerprint density at radius 3 is 2.74 bits per heavy atom. The van der Waals surface area contributed by atoms with E-state index in [2.05, 4.69) is 5.32 Å². The average Bonchev–Trinajstić information content (AvgIpc) is 2.38. The quantitative estimate of drug-likeness (QED) is 0.594. The highest BCUT2D eigenvalue weighted by Crippen LogP contribution is 1.92. The molecule has 0 spiro atoms. The first kappa shape index (κ1) is 15.6. The predicted molar refractivity (Wildman–Crippen MR) is 71.1 cm³/mol. The molecular formula is C12H21N3O4. The van der Waals surface area contributed by atoms with Crippen LogP contribution in [0.1, 0.15) is 12.0 Å². The first-order valence-corrected chi connectivity index (χ1v) is 6.10. The molecule has 1 unspecified atom stereocenters. The normalized spacial score (nSPS) is 12.6. The van der Waals surface area contributed by atoms with Crippen LogP contribution in [0, 0.1) is 0 Å². The van der Waals surface area contributed by atoms with Crippen LogP contribution in [-0.4, -0.2) is 40.6 Å². The summed E-state index contributed by atoms with van der Waals surface area (Å²) in [6, 6.07) is 0. The SMILES string of the molecule is COCC(O)CCNCc1cn(C)c(=O)n(C)c1=O. The van der Waals surface area contributed by atoms with Crippen molar-refractivity contribution in [2.45, 2.75) is 19.1 Å². The van der Waals surface area contributed by atoms with E-state index in [0.717, 1.165) is 4.57 Å². The van der Waals surface area contributed by atoms with Crippen molar-refractivity contribution >= 4 is 0 Å². The molecule has 0 saturated heterocycles. The van der Waals surface area contributed by atoms with Crippen molar-refractivity contribution in [2.75, 3.05) is 20.3 Å². The maximum atomic E-state index is 11.8. The molecule has 0 aliphatic rings. The van der Waals surface area contributed by atoms with Crippen molar-refractivity contribution in [3.05, 3.63) is 32.6 Å². The van der Waals surface area contributed by atoms with Gasteiger partial charge >= 0.3 is 5.69 Å². The van der Waals surface area contributed by atoms with Crippen LogP contribution in [0.3, 0.4) is 0 Å². The van der Waals surface area contributed by atoms with Gasteiger partial charge in [0.05, 0.1) is 12.7 Å². The fourth-order valence-corrected chi connectivity index (χ4v) is 1.77. The monoisotopic (exact) mass is 271 g/mol. The van der Waals surface area contributed by atoms with Gasteiger partial charge in [0.25, 0.3) is 5.56 Å². The number of hydrogen-bond acceptors (Lipinski definition) is 5. The summed E-state index contributed by atoms with van der Waals surface area (Å²) in [6.45, 7) is 1.22. The van der Waals surface area contributed by atoms with Crippen molar-refractivity contribution in [3.63, 3.8) is 0 Å². The van der Waals surface area contributed by atoms with Crippen LogP contribution in [0.5, 0.6) is 0 Å². The zero-order valence-electron chi connectivity index (χ0n) is 11.5. The summed E-state index contributed by atoms with van der Waals surface area (Å²) in [5.74, 6) is 0. The summed E-state index contributed by atoms with van der Waals surface area (Å²) < 4.78 is 7.27. The lowest BCUT2D eigenvalue weighted by molar-refractivity contribution is 0.0594. The Morgan fingerprint density at radius 1 is 1.42 bits per heavy atom. The number of aryl methyl sites for hydroxylation is 1. The minimum absolute atomic E-state index is 0.295. The molecule has 0 aliphatic heterocycles. The second-order valence-corrected chi connectivity index (χ2v) is 4.49. The second-order valence-electron chi connectivity index (χ2n) is 4.49.